The Labute approximate surface area is 151 Å². The lowest BCUT2D eigenvalue weighted by molar-refractivity contribution is 0.340. The van der Waals surface area contributed by atoms with Crippen molar-refractivity contribution >= 4 is 16.6 Å². The van der Waals surface area contributed by atoms with Gasteiger partial charge in [-0.25, -0.2) is 0 Å². The summed E-state index contributed by atoms with van der Waals surface area (Å²) in [5.74, 6) is 2.14. The van der Waals surface area contributed by atoms with Gasteiger partial charge in [0, 0.05) is 46.9 Å². The van der Waals surface area contributed by atoms with Crippen LogP contribution in [0.3, 0.4) is 0 Å². The van der Waals surface area contributed by atoms with E-state index < -0.39 is 0 Å². The molecule has 3 rings (SSSR count). The van der Waals surface area contributed by atoms with Crippen LogP contribution in [0.1, 0.15) is 12.5 Å². The number of H-pyrrole nitrogens is 1. The van der Waals surface area contributed by atoms with Crippen molar-refractivity contribution in [3.05, 3.63) is 58.4 Å². The molecule has 0 amide bonds. The van der Waals surface area contributed by atoms with E-state index in [1.54, 1.807) is 20.3 Å². The van der Waals surface area contributed by atoms with Crippen LogP contribution in [-0.4, -0.2) is 25.8 Å². The van der Waals surface area contributed by atoms with Gasteiger partial charge in [-0.15, -0.1) is 0 Å². The molecule has 0 aliphatic carbocycles. The molecule has 0 radical (unpaired) electrons. The smallest absolute Gasteiger partial charge is 0.253 e. The number of aromatic nitrogens is 1. The zero-order chi connectivity index (χ0) is 18.5. The van der Waals surface area contributed by atoms with Crippen molar-refractivity contribution in [2.45, 2.75) is 13.5 Å². The van der Waals surface area contributed by atoms with Crippen LogP contribution in [-0.2, 0) is 6.54 Å². The van der Waals surface area contributed by atoms with E-state index in [-0.39, 0.29) is 5.56 Å². The van der Waals surface area contributed by atoms with Gasteiger partial charge in [-0.1, -0.05) is 0 Å². The lowest BCUT2D eigenvalue weighted by Gasteiger charge is -2.11. The Bertz CT molecular complexity index is 943. The second-order valence-corrected chi connectivity index (χ2v) is 5.76. The number of hydrogen-bond acceptors (Lipinski definition) is 5. The summed E-state index contributed by atoms with van der Waals surface area (Å²) in [5, 5.41) is 4.17. The van der Waals surface area contributed by atoms with Crippen molar-refractivity contribution in [3.8, 4) is 17.2 Å². The fraction of sp³-hybridized carbons (Fsp3) is 0.250. The predicted octanol–water partition coefficient (Wildman–Crippen LogP) is 3.56. The van der Waals surface area contributed by atoms with Crippen molar-refractivity contribution in [2.75, 3.05) is 26.1 Å². The number of methoxy groups -OCH3 is 2. The summed E-state index contributed by atoms with van der Waals surface area (Å²) >= 11 is 0. The maximum Gasteiger partial charge on any atom is 0.253 e. The molecule has 0 saturated carbocycles. The molecule has 1 aromatic heterocycles. The molecule has 0 aliphatic rings. The number of fused-ring (bicyclic) bond motifs is 1. The van der Waals surface area contributed by atoms with Gasteiger partial charge in [0.25, 0.3) is 5.56 Å². The van der Waals surface area contributed by atoms with Gasteiger partial charge in [-0.2, -0.15) is 0 Å². The van der Waals surface area contributed by atoms with E-state index in [4.69, 9.17) is 14.2 Å². The molecule has 1 heterocycles. The molecule has 0 unspecified atom stereocenters. The van der Waals surface area contributed by atoms with Crippen LogP contribution in [0.5, 0.6) is 17.2 Å². The Hall–Kier alpha value is -3.15. The molecule has 2 N–H and O–H groups in total. The second kappa shape index (κ2) is 7.82. The zero-order valence-electron chi connectivity index (χ0n) is 15.1. The van der Waals surface area contributed by atoms with Crippen molar-refractivity contribution in [1.82, 2.24) is 4.98 Å². The van der Waals surface area contributed by atoms with Gasteiger partial charge in [0.1, 0.15) is 17.2 Å². The third-order valence-corrected chi connectivity index (χ3v) is 4.04. The average Bonchev–Trinajstić information content (AvgIpc) is 2.66. The Morgan fingerprint density at radius 1 is 0.962 bits per heavy atom. The third kappa shape index (κ3) is 3.91. The molecule has 0 saturated heterocycles. The number of aromatic amines is 1. The maximum absolute atomic E-state index is 12.3. The number of anilines is 1. The topological polar surface area (TPSA) is 72.6 Å². The van der Waals surface area contributed by atoms with E-state index in [2.05, 4.69) is 10.3 Å². The first-order valence-electron chi connectivity index (χ1n) is 8.38. The Morgan fingerprint density at radius 2 is 1.69 bits per heavy atom. The first-order valence-corrected chi connectivity index (χ1v) is 8.38. The minimum atomic E-state index is -0.121. The molecule has 3 aromatic rings. The average molecular weight is 354 g/mol. The van der Waals surface area contributed by atoms with Crippen molar-refractivity contribution in [2.24, 2.45) is 0 Å². The van der Waals surface area contributed by atoms with Gasteiger partial charge < -0.3 is 24.5 Å². The van der Waals surface area contributed by atoms with Gasteiger partial charge >= 0.3 is 0 Å². The monoisotopic (exact) mass is 354 g/mol. The maximum atomic E-state index is 12.3. The van der Waals surface area contributed by atoms with E-state index in [0.29, 0.717) is 30.2 Å². The highest BCUT2D eigenvalue weighted by molar-refractivity contribution is 5.80. The van der Waals surface area contributed by atoms with Gasteiger partial charge in [-0.05, 0) is 31.2 Å². The van der Waals surface area contributed by atoms with E-state index in [9.17, 15) is 4.79 Å². The molecular weight excluding hydrogens is 332 g/mol. The number of rotatable bonds is 7. The Kier molecular flexibility index (Phi) is 5.31. The van der Waals surface area contributed by atoms with Gasteiger partial charge in [0.15, 0.2) is 0 Å². The SMILES string of the molecule is CCOc1ccc2[nH]c(=O)c(CNc3cc(OC)cc(OC)c3)cc2c1. The Morgan fingerprint density at radius 3 is 2.35 bits per heavy atom. The van der Waals surface area contributed by atoms with Crippen LogP contribution < -0.4 is 25.1 Å². The number of pyridine rings is 1. The molecule has 6 heteroatoms. The number of hydrogen-bond donors (Lipinski definition) is 2. The molecule has 0 spiro atoms. The summed E-state index contributed by atoms with van der Waals surface area (Å²) in [5.41, 5.74) is 2.10. The Balaban J connectivity index is 1.86. The van der Waals surface area contributed by atoms with Crippen molar-refractivity contribution in [1.29, 1.82) is 0 Å². The minimum Gasteiger partial charge on any atom is -0.497 e. The lowest BCUT2D eigenvalue weighted by atomic mass is 10.1. The van der Waals surface area contributed by atoms with E-state index >= 15 is 0 Å². The van der Waals surface area contributed by atoms with Crippen LogP contribution >= 0.6 is 0 Å². The summed E-state index contributed by atoms with van der Waals surface area (Å²) in [6.45, 7) is 2.91. The minimum absolute atomic E-state index is 0.121. The van der Waals surface area contributed by atoms with Gasteiger partial charge in [-0.3, -0.25) is 4.79 Å². The number of benzene rings is 2. The fourth-order valence-electron chi connectivity index (χ4n) is 2.72. The summed E-state index contributed by atoms with van der Waals surface area (Å²) in [6.07, 6.45) is 0. The van der Waals surface area contributed by atoms with Crippen LogP contribution in [0.25, 0.3) is 10.9 Å². The molecule has 0 bridgehead atoms. The van der Waals surface area contributed by atoms with Crippen LogP contribution in [0, 0.1) is 0 Å². The normalized spacial score (nSPS) is 10.6. The third-order valence-electron chi connectivity index (χ3n) is 4.04. The summed E-state index contributed by atoms with van der Waals surface area (Å²) in [4.78, 5) is 15.2. The van der Waals surface area contributed by atoms with Crippen molar-refractivity contribution < 1.29 is 14.2 Å². The highest BCUT2D eigenvalue weighted by Crippen LogP contribution is 2.26. The predicted molar refractivity (Wildman–Crippen MR) is 103 cm³/mol. The molecule has 26 heavy (non-hydrogen) atoms. The first kappa shape index (κ1) is 17.7. The van der Waals surface area contributed by atoms with E-state index in [1.807, 2.05) is 43.3 Å². The van der Waals surface area contributed by atoms with Gasteiger partial charge in [0.05, 0.1) is 20.8 Å². The molecule has 6 nitrogen and oxygen atoms in total. The van der Waals surface area contributed by atoms with Crippen LogP contribution in [0.15, 0.2) is 47.3 Å². The molecule has 0 aliphatic heterocycles. The van der Waals surface area contributed by atoms with Crippen LogP contribution in [0.4, 0.5) is 5.69 Å². The molecular formula is C20H22N2O4. The fourth-order valence-corrected chi connectivity index (χ4v) is 2.72. The second-order valence-electron chi connectivity index (χ2n) is 5.76. The quantitative estimate of drug-likeness (QED) is 0.679. The van der Waals surface area contributed by atoms with Crippen molar-refractivity contribution in [3.63, 3.8) is 0 Å². The lowest BCUT2D eigenvalue weighted by Crippen LogP contribution is -2.15. The van der Waals surface area contributed by atoms with Gasteiger partial charge in [0.2, 0.25) is 0 Å². The van der Waals surface area contributed by atoms with Crippen LogP contribution in [0.2, 0.25) is 0 Å². The zero-order valence-corrected chi connectivity index (χ0v) is 15.1. The molecule has 136 valence electrons. The van der Waals surface area contributed by atoms with E-state index in [0.717, 1.165) is 22.3 Å². The highest BCUT2D eigenvalue weighted by Gasteiger charge is 2.06. The molecule has 0 atom stereocenters. The molecule has 0 fully saturated rings. The van der Waals surface area contributed by atoms with E-state index in [1.165, 1.54) is 0 Å². The largest absolute Gasteiger partial charge is 0.497 e. The number of ether oxygens (including phenoxy) is 3. The number of nitrogens with one attached hydrogen (secondary N) is 2. The summed E-state index contributed by atoms with van der Waals surface area (Å²) < 4.78 is 16.1. The highest BCUT2D eigenvalue weighted by atomic mass is 16.5. The molecule has 2 aromatic carbocycles. The first-order chi connectivity index (χ1) is 12.6. The standard InChI is InChI=1S/C20H22N2O4/c1-4-26-16-5-6-19-13(8-16)7-14(20(23)22-19)12-21-15-9-17(24-2)11-18(10-15)25-3/h5-11,21H,4,12H2,1-3H3,(H,22,23). The summed E-state index contributed by atoms with van der Waals surface area (Å²) in [7, 11) is 3.20. The summed E-state index contributed by atoms with van der Waals surface area (Å²) in [6, 6.07) is 13.0.